The summed E-state index contributed by atoms with van der Waals surface area (Å²) < 4.78 is 35.8. The molecule has 0 fully saturated rings. The van der Waals surface area contributed by atoms with Crippen LogP contribution in [0.4, 0.5) is 19.0 Å². The van der Waals surface area contributed by atoms with Crippen LogP contribution in [0.3, 0.4) is 0 Å². The Balaban J connectivity index is 2.36. The standard InChI is InChI=1S/C13H18F3N3O/c1-2-7-17-11-5-4-10(9-19-11)12(20)18-8-3-6-13(14,15)16/h4-5,9H,2-3,6-8H2,1H3,(H,17,19)(H,18,20). The van der Waals surface area contributed by atoms with Gasteiger partial charge in [0.2, 0.25) is 0 Å². The maximum Gasteiger partial charge on any atom is 0.389 e. The van der Waals surface area contributed by atoms with Crippen LogP contribution in [0.15, 0.2) is 18.3 Å². The first-order chi connectivity index (χ1) is 9.42. The molecule has 1 aromatic rings. The molecule has 2 N–H and O–H groups in total. The van der Waals surface area contributed by atoms with E-state index in [0.717, 1.165) is 13.0 Å². The molecule has 1 rings (SSSR count). The fourth-order valence-corrected chi connectivity index (χ4v) is 1.48. The van der Waals surface area contributed by atoms with Crippen molar-refractivity contribution in [2.45, 2.75) is 32.4 Å². The molecule has 0 aliphatic carbocycles. The molecule has 0 aromatic carbocycles. The zero-order valence-corrected chi connectivity index (χ0v) is 11.3. The van der Waals surface area contributed by atoms with Gasteiger partial charge in [-0.05, 0) is 25.0 Å². The lowest BCUT2D eigenvalue weighted by molar-refractivity contribution is -0.135. The Hall–Kier alpha value is -1.79. The number of pyridine rings is 1. The van der Waals surface area contributed by atoms with Crippen molar-refractivity contribution in [3.05, 3.63) is 23.9 Å². The van der Waals surface area contributed by atoms with E-state index in [1.54, 1.807) is 12.1 Å². The first-order valence-electron chi connectivity index (χ1n) is 6.47. The minimum atomic E-state index is -4.18. The van der Waals surface area contributed by atoms with E-state index in [1.165, 1.54) is 6.20 Å². The Labute approximate surface area is 115 Å². The van der Waals surface area contributed by atoms with Gasteiger partial charge in [-0.25, -0.2) is 4.98 Å². The Kier molecular flexibility index (Phi) is 6.27. The van der Waals surface area contributed by atoms with E-state index < -0.39 is 18.5 Å². The molecule has 7 heteroatoms. The lowest BCUT2D eigenvalue weighted by Gasteiger charge is -2.08. The molecule has 0 spiro atoms. The summed E-state index contributed by atoms with van der Waals surface area (Å²) in [6.45, 7) is 2.81. The molecule has 0 unspecified atom stereocenters. The molecule has 0 radical (unpaired) electrons. The van der Waals surface area contributed by atoms with Crippen LogP contribution in [0.5, 0.6) is 0 Å². The van der Waals surface area contributed by atoms with Crippen molar-refractivity contribution < 1.29 is 18.0 Å². The minimum absolute atomic E-state index is 0.00577. The average molecular weight is 289 g/mol. The highest BCUT2D eigenvalue weighted by molar-refractivity contribution is 5.93. The molecule has 1 amide bonds. The van der Waals surface area contributed by atoms with Crippen molar-refractivity contribution in [3.8, 4) is 0 Å². The van der Waals surface area contributed by atoms with Crippen LogP contribution >= 0.6 is 0 Å². The molecule has 20 heavy (non-hydrogen) atoms. The first kappa shape index (κ1) is 16.3. The third-order valence-corrected chi connectivity index (χ3v) is 2.50. The summed E-state index contributed by atoms with van der Waals surface area (Å²) >= 11 is 0. The molecule has 0 saturated heterocycles. The van der Waals surface area contributed by atoms with Crippen molar-refractivity contribution >= 4 is 11.7 Å². The Morgan fingerprint density at radius 2 is 2.05 bits per heavy atom. The number of nitrogens with zero attached hydrogens (tertiary/aromatic N) is 1. The summed E-state index contributed by atoms with van der Waals surface area (Å²) in [7, 11) is 0. The van der Waals surface area contributed by atoms with Crippen LogP contribution in [0.25, 0.3) is 0 Å². The van der Waals surface area contributed by atoms with E-state index in [1.807, 2.05) is 6.92 Å². The SMILES string of the molecule is CCCNc1ccc(C(=O)NCCCC(F)(F)F)cn1. The predicted molar refractivity (Wildman–Crippen MR) is 70.6 cm³/mol. The Morgan fingerprint density at radius 1 is 1.30 bits per heavy atom. The zero-order chi connectivity index (χ0) is 15.0. The fourth-order valence-electron chi connectivity index (χ4n) is 1.48. The van der Waals surface area contributed by atoms with Crippen molar-refractivity contribution in [2.24, 2.45) is 0 Å². The van der Waals surface area contributed by atoms with Gasteiger partial charge in [0.1, 0.15) is 5.82 Å². The monoisotopic (exact) mass is 289 g/mol. The van der Waals surface area contributed by atoms with Crippen LogP contribution in [-0.2, 0) is 0 Å². The van der Waals surface area contributed by atoms with Crippen LogP contribution in [-0.4, -0.2) is 30.2 Å². The second kappa shape index (κ2) is 7.72. The second-order valence-electron chi connectivity index (χ2n) is 4.33. The van der Waals surface area contributed by atoms with Crippen LogP contribution in [0, 0.1) is 0 Å². The van der Waals surface area contributed by atoms with Crippen molar-refractivity contribution in [1.82, 2.24) is 10.3 Å². The second-order valence-corrected chi connectivity index (χ2v) is 4.33. The van der Waals surface area contributed by atoms with E-state index >= 15 is 0 Å². The van der Waals surface area contributed by atoms with Crippen molar-refractivity contribution in [2.75, 3.05) is 18.4 Å². The molecule has 0 aliphatic heterocycles. The number of carbonyl (C=O) groups is 1. The lowest BCUT2D eigenvalue weighted by atomic mass is 10.2. The molecular formula is C13H18F3N3O. The normalized spacial score (nSPS) is 11.2. The average Bonchev–Trinajstić information content (AvgIpc) is 2.40. The number of hydrogen-bond acceptors (Lipinski definition) is 3. The summed E-state index contributed by atoms with van der Waals surface area (Å²) in [6, 6.07) is 3.25. The van der Waals surface area contributed by atoms with Crippen LogP contribution in [0.1, 0.15) is 36.5 Å². The smallest absolute Gasteiger partial charge is 0.370 e. The highest BCUT2D eigenvalue weighted by Crippen LogP contribution is 2.20. The number of anilines is 1. The number of rotatable bonds is 7. The number of carbonyl (C=O) groups excluding carboxylic acids is 1. The van der Waals surface area contributed by atoms with E-state index in [0.29, 0.717) is 11.4 Å². The largest absolute Gasteiger partial charge is 0.389 e. The lowest BCUT2D eigenvalue weighted by Crippen LogP contribution is -2.25. The van der Waals surface area contributed by atoms with Gasteiger partial charge in [0.15, 0.2) is 0 Å². The van der Waals surface area contributed by atoms with E-state index in [4.69, 9.17) is 0 Å². The molecule has 0 atom stereocenters. The van der Waals surface area contributed by atoms with Gasteiger partial charge in [-0.2, -0.15) is 13.2 Å². The van der Waals surface area contributed by atoms with Crippen LogP contribution < -0.4 is 10.6 Å². The summed E-state index contributed by atoms with van der Waals surface area (Å²) in [6.07, 6.45) is -2.84. The van der Waals surface area contributed by atoms with Crippen molar-refractivity contribution in [1.29, 1.82) is 0 Å². The number of amides is 1. The summed E-state index contributed by atoms with van der Waals surface area (Å²) in [5.41, 5.74) is 0.332. The molecular weight excluding hydrogens is 271 g/mol. The first-order valence-corrected chi connectivity index (χ1v) is 6.47. The van der Waals surface area contributed by atoms with Gasteiger partial charge >= 0.3 is 6.18 Å². The van der Waals surface area contributed by atoms with E-state index in [2.05, 4.69) is 15.6 Å². The molecule has 0 aliphatic rings. The number of alkyl halides is 3. The van der Waals surface area contributed by atoms with Gasteiger partial charge in [0, 0.05) is 25.7 Å². The highest BCUT2D eigenvalue weighted by atomic mass is 19.4. The minimum Gasteiger partial charge on any atom is -0.370 e. The van der Waals surface area contributed by atoms with Gasteiger partial charge in [-0.15, -0.1) is 0 Å². The van der Waals surface area contributed by atoms with Gasteiger partial charge in [0.05, 0.1) is 5.56 Å². The number of halogens is 3. The van der Waals surface area contributed by atoms with Gasteiger partial charge in [-0.1, -0.05) is 6.92 Å². The molecule has 1 aromatic heterocycles. The summed E-state index contributed by atoms with van der Waals surface area (Å²) in [4.78, 5) is 15.7. The zero-order valence-electron chi connectivity index (χ0n) is 11.3. The van der Waals surface area contributed by atoms with Crippen LogP contribution in [0.2, 0.25) is 0 Å². The molecule has 1 heterocycles. The number of aromatic nitrogens is 1. The third-order valence-electron chi connectivity index (χ3n) is 2.50. The van der Waals surface area contributed by atoms with E-state index in [9.17, 15) is 18.0 Å². The highest BCUT2D eigenvalue weighted by Gasteiger charge is 2.25. The predicted octanol–water partition coefficient (Wildman–Crippen LogP) is 2.98. The maximum atomic E-state index is 11.9. The van der Waals surface area contributed by atoms with E-state index in [-0.39, 0.29) is 13.0 Å². The number of nitrogens with one attached hydrogen (secondary N) is 2. The topological polar surface area (TPSA) is 54.0 Å². The molecule has 0 saturated carbocycles. The fraction of sp³-hybridized carbons (Fsp3) is 0.538. The Bertz CT molecular complexity index is 418. The number of hydrogen-bond donors (Lipinski definition) is 2. The maximum absolute atomic E-state index is 11.9. The Morgan fingerprint density at radius 3 is 2.60 bits per heavy atom. The molecule has 112 valence electrons. The third kappa shape index (κ3) is 6.40. The van der Waals surface area contributed by atoms with Crippen molar-refractivity contribution in [3.63, 3.8) is 0 Å². The van der Waals surface area contributed by atoms with Gasteiger partial charge in [-0.3, -0.25) is 4.79 Å². The summed E-state index contributed by atoms with van der Waals surface area (Å²) in [5, 5.41) is 5.50. The van der Waals surface area contributed by atoms with Gasteiger partial charge < -0.3 is 10.6 Å². The van der Waals surface area contributed by atoms with Gasteiger partial charge in [0.25, 0.3) is 5.91 Å². The quantitative estimate of drug-likeness (QED) is 0.759. The molecule has 0 bridgehead atoms. The molecule has 4 nitrogen and oxygen atoms in total. The summed E-state index contributed by atoms with van der Waals surface area (Å²) in [5.74, 6) is 0.252.